The zero-order chi connectivity index (χ0) is 25.9. The molecule has 0 heterocycles. The Morgan fingerprint density at radius 1 is 0.833 bits per heavy atom. The predicted molar refractivity (Wildman–Crippen MR) is 96.9 cm³/mol. The Labute approximate surface area is 170 Å². The van der Waals surface area contributed by atoms with Crippen LogP contribution in [0.4, 0.5) is 0 Å². The first kappa shape index (κ1) is 40.9. The van der Waals surface area contributed by atoms with Gasteiger partial charge in [-0.3, -0.25) is 24.0 Å². The highest BCUT2D eigenvalue weighted by molar-refractivity contribution is 6.31. The lowest BCUT2D eigenvalue weighted by atomic mass is 10.3. The van der Waals surface area contributed by atoms with Gasteiger partial charge in [-0.2, -0.15) is 0 Å². The number of hydrogen-bond acceptors (Lipinski definition) is 9. The monoisotopic (exact) mass is 448 g/mol. The standard InChI is InChI=1S/C4H6O4.C3H6O3.C3H4O3.C2H4O2.C2H6O.CH2O2/c5-3(6)1-2-4(7)8;2*1-2(4)3(5)6;1-2(3)4;1-2-3;2-1-3/h1-2H2,(H,5,6)(H,7,8);2,4H,1H3,(H,5,6);1H3,(H,5,6);1H3,(H,3,4);3H,2H2,1H3;1H,(H,2,3). The van der Waals surface area contributed by atoms with Crippen molar-refractivity contribution in [2.45, 2.75) is 46.6 Å². The summed E-state index contributed by atoms with van der Waals surface area (Å²) in [4.78, 5) is 65.0. The van der Waals surface area contributed by atoms with E-state index in [1.807, 2.05) is 0 Å². The molecule has 0 radical (unpaired) electrons. The maximum absolute atomic E-state index is 9.64. The van der Waals surface area contributed by atoms with Crippen LogP contribution >= 0.6 is 0 Å². The van der Waals surface area contributed by atoms with Crippen LogP contribution in [0.15, 0.2) is 0 Å². The summed E-state index contributed by atoms with van der Waals surface area (Å²) < 4.78 is 0. The molecule has 15 nitrogen and oxygen atoms in total. The lowest BCUT2D eigenvalue weighted by molar-refractivity contribution is -0.148. The van der Waals surface area contributed by atoms with Crippen LogP contribution in [0.2, 0.25) is 0 Å². The molecule has 0 aliphatic rings. The smallest absolute Gasteiger partial charge is 0.371 e. The Balaban J connectivity index is -0.0000000599. The van der Waals surface area contributed by atoms with E-state index in [-0.39, 0.29) is 25.9 Å². The maximum atomic E-state index is 9.64. The average molecular weight is 448 g/mol. The molecule has 0 saturated heterocycles. The van der Waals surface area contributed by atoms with E-state index >= 15 is 0 Å². The van der Waals surface area contributed by atoms with Crippen LogP contribution in [0.3, 0.4) is 0 Å². The molecule has 0 aromatic heterocycles. The average Bonchev–Trinajstić information content (AvgIpc) is 2.55. The van der Waals surface area contributed by atoms with Gasteiger partial charge in [-0.15, -0.1) is 0 Å². The van der Waals surface area contributed by atoms with Crippen molar-refractivity contribution in [2.75, 3.05) is 6.61 Å². The zero-order valence-corrected chi connectivity index (χ0v) is 16.7. The molecule has 0 saturated carbocycles. The second-order valence-electron chi connectivity index (χ2n) is 4.10. The third kappa shape index (κ3) is 151. The van der Waals surface area contributed by atoms with Crippen LogP contribution in [0, 0.1) is 0 Å². The quantitative estimate of drug-likeness (QED) is 0.182. The minimum Gasteiger partial charge on any atom is -0.483 e. The van der Waals surface area contributed by atoms with Crippen molar-refractivity contribution in [1.82, 2.24) is 0 Å². The first-order valence-corrected chi connectivity index (χ1v) is 7.44. The van der Waals surface area contributed by atoms with Crippen molar-refractivity contribution in [1.29, 1.82) is 0 Å². The van der Waals surface area contributed by atoms with E-state index in [2.05, 4.69) is 0 Å². The number of Topliss-reactive ketones (excluding diaryl/α,β-unsaturated/α-hetero) is 1. The first-order valence-electron chi connectivity index (χ1n) is 7.44. The lowest BCUT2D eigenvalue weighted by Gasteiger charge is -1.89. The Hall–Kier alpha value is -3.59. The molecular weight excluding hydrogens is 420 g/mol. The Bertz CT molecular complexity index is 466. The molecule has 1 atom stereocenters. The van der Waals surface area contributed by atoms with Crippen molar-refractivity contribution in [3.05, 3.63) is 0 Å². The molecule has 0 aromatic carbocycles. The SMILES string of the molecule is CC(=O)C(=O)O.CC(=O)O.CC(O)C(=O)O.CCO.O=C(O)CCC(=O)O.O=CO. The highest BCUT2D eigenvalue weighted by Crippen LogP contribution is 1.86. The van der Waals surface area contributed by atoms with E-state index < -0.39 is 41.7 Å². The van der Waals surface area contributed by atoms with Crippen LogP contribution in [-0.4, -0.2) is 95.7 Å². The number of rotatable bonds is 5. The molecule has 0 aliphatic heterocycles. The van der Waals surface area contributed by atoms with E-state index in [0.717, 1.165) is 13.8 Å². The molecule has 178 valence electrons. The van der Waals surface area contributed by atoms with Crippen molar-refractivity contribution >= 4 is 42.1 Å². The van der Waals surface area contributed by atoms with E-state index in [4.69, 9.17) is 50.4 Å². The summed E-state index contributed by atoms with van der Waals surface area (Å²) in [5, 5.41) is 61.1. The van der Waals surface area contributed by atoms with Crippen molar-refractivity contribution in [3.63, 3.8) is 0 Å². The predicted octanol–water partition coefficient (Wildman–Crippen LogP) is -1.16. The van der Waals surface area contributed by atoms with Crippen LogP contribution < -0.4 is 0 Å². The van der Waals surface area contributed by atoms with Gasteiger partial charge in [-0.1, -0.05) is 0 Å². The van der Waals surface area contributed by atoms with Gasteiger partial charge < -0.3 is 40.9 Å². The van der Waals surface area contributed by atoms with Gasteiger partial charge in [0.2, 0.25) is 5.78 Å². The summed E-state index contributed by atoms with van der Waals surface area (Å²) in [6, 6.07) is 0. The number of carboxylic acids is 5. The van der Waals surface area contributed by atoms with Gasteiger partial charge in [-0.25, -0.2) is 9.59 Å². The van der Waals surface area contributed by atoms with E-state index in [1.165, 1.54) is 6.92 Å². The fraction of sp³-hybridized carbons (Fsp3) is 0.533. The van der Waals surface area contributed by atoms with Crippen molar-refractivity contribution in [3.8, 4) is 0 Å². The molecule has 1 unspecified atom stereocenters. The summed E-state index contributed by atoms with van der Waals surface area (Å²) in [6.45, 7) is 4.96. The summed E-state index contributed by atoms with van der Waals surface area (Å²) >= 11 is 0. The van der Waals surface area contributed by atoms with Gasteiger partial charge in [0.05, 0.1) is 12.8 Å². The number of hydrogen-bond donors (Lipinski definition) is 8. The van der Waals surface area contributed by atoms with Gasteiger partial charge in [0, 0.05) is 20.5 Å². The van der Waals surface area contributed by atoms with Crippen LogP contribution in [-0.2, 0) is 33.6 Å². The first-order chi connectivity index (χ1) is 13.5. The molecule has 30 heavy (non-hydrogen) atoms. The number of ketones is 1. The molecule has 0 fully saturated rings. The Morgan fingerprint density at radius 2 is 0.967 bits per heavy atom. The molecule has 0 rings (SSSR count). The molecule has 0 bridgehead atoms. The number of carboxylic acid groups (broad SMARTS) is 6. The van der Waals surface area contributed by atoms with Gasteiger partial charge >= 0.3 is 23.9 Å². The number of aliphatic hydroxyl groups is 2. The van der Waals surface area contributed by atoms with Crippen LogP contribution in [0.25, 0.3) is 0 Å². The normalized spacial score (nSPS) is 8.33. The second-order valence-corrected chi connectivity index (χ2v) is 4.10. The second kappa shape index (κ2) is 33.0. The molecule has 0 aliphatic carbocycles. The largest absolute Gasteiger partial charge is 0.483 e. The van der Waals surface area contributed by atoms with Crippen LogP contribution in [0.1, 0.15) is 40.5 Å². The Kier molecular flexibility index (Phi) is 45.1. The number of aliphatic carboxylic acids is 5. The summed E-state index contributed by atoms with van der Waals surface area (Å²) in [6.07, 6.45) is -1.82. The molecular formula is C15H28O15. The molecule has 0 spiro atoms. The van der Waals surface area contributed by atoms with Gasteiger partial charge in [0.1, 0.15) is 6.10 Å². The topological polar surface area (TPSA) is 281 Å². The summed E-state index contributed by atoms with van der Waals surface area (Å²) in [5.41, 5.74) is 0. The van der Waals surface area contributed by atoms with E-state index in [1.54, 1.807) is 6.92 Å². The maximum Gasteiger partial charge on any atom is 0.371 e. The molecule has 0 aromatic rings. The van der Waals surface area contributed by atoms with Gasteiger partial charge in [0.15, 0.2) is 0 Å². The molecule has 0 amide bonds. The fourth-order valence-electron chi connectivity index (χ4n) is 0.214. The van der Waals surface area contributed by atoms with Crippen molar-refractivity contribution in [2.24, 2.45) is 0 Å². The highest BCUT2D eigenvalue weighted by Gasteiger charge is 2.01. The summed E-state index contributed by atoms with van der Waals surface area (Å²) in [5.74, 6) is -6.38. The minimum atomic E-state index is -1.38. The third-order valence-corrected chi connectivity index (χ3v) is 1.21. The van der Waals surface area contributed by atoms with Gasteiger partial charge in [-0.05, 0) is 13.8 Å². The molecule has 8 N–H and O–H groups in total. The number of carbonyl (C=O) groups is 7. The number of aliphatic hydroxyl groups excluding tert-OH is 2. The number of carbonyl (C=O) groups excluding carboxylic acids is 1. The lowest BCUT2D eigenvalue weighted by Crippen LogP contribution is -2.13. The fourth-order valence-corrected chi connectivity index (χ4v) is 0.214. The minimum absolute atomic E-state index is 0.250. The zero-order valence-electron chi connectivity index (χ0n) is 16.7. The Morgan fingerprint density at radius 3 is 1.00 bits per heavy atom. The van der Waals surface area contributed by atoms with Crippen molar-refractivity contribution < 1.29 is 74.4 Å². The van der Waals surface area contributed by atoms with Crippen LogP contribution in [0.5, 0.6) is 0 Å². The third-order valence-electron chi connectivity index (χ3n) is 1.21. The van der Waals surface area contributed by atoms with Gasteiger partial charge in [0.25, 0.3) is 12.4 Å². The van der Waals surface area contributed by atoms with E-state index in [0.29, 0.717) is 0 Å². The molecule has 15 heteroatoms. The highest BCUT2D eigenvalue weighted by atomic mass is 16.4. The summed E-state index contributed by atoms with van der Waals surface area (Å²) in [7, 11) is 0. The van der Waals surface area contributed by atoms with E-state index in [9.17, 15) is 24.0 Å².